The summed E-state index contributed by atoms with van der Waals surface area (Å²) >= 11 is 6.08. The maximum absolute atomic E-state index is 13.0. The number of ether oxygens (including phenoxy) is 3. The van der Waals surface area contributed by atoms with Crippen LogP contribution in [0.2, 0.25) is 5.02 Å². The van der Waals surface area contributed by atoms with Crippen LogP contribution in [-0.2, 0) is 0 Å². The van der Waals surface area contributed by atoms with Crippen molar-refractivity contribution >= 4 is 29.1 Å². The molecule has 0 saturated carbocycles. The van der Waals surface area contributed by atoms with E-state index in [1.165, 1.54) is 12.7 Å². The molecule has 1 N–H and O–H groups in total. The number of carbonyl (C=O) groups excluding carboxylic acids is 2. The van der Waals surface area contributed by atoms with E-state index in [9.17, 15) is 9.59 Å². The van der Waals surface area contributed by atoms with E-state index < -0.39 is 0 Å². The van der Waals surface area contributed by atoms with Gasteiger partial charge in [-0.15, -0.1) is 0 Å². The number of amides is 2. The molecule has 1 aliphatic heterocycles. The molecule has 8 heteroatoms. The molecule has 188 valence electrons. The quantitative estimate of drug-likeness (QED) is 0.447. The van der Waals surface area contributed by atoms with Gasteiger partial charge >= 0.3 is 0 Å². The van der Waals surface area contributed by atoms with Gasteiger partial charge in [-0.1, -0.05) is 23.7 Å². The van der Waals surface area contributed by atoms with Gasteiger partial charge in [0.2, 0.25) is 0 Å². The standard InChI is InChI=1S/C28H29ClN2O5/c1-34-24-15-21(14-22(29)17-24)27(32)30-23-7-4-18(5-8-23)19-10-12-31(13-11-19)28(33)20-6-9-25(35-2)26(16-20)36-3/h4-9,14-17,19H,10-13H2,1-3H3,(H,30,32). The van der Waals surface area contributed by atoms with Crippen molar-refractivity contribution < 1.29 is 23.8 Å². The Hall–Kier alpha value is -3.71. The fraction of sp³-hybridized carbons (Fsp3) is 0.286. The summed E-state index contributed by atoms with van der Waals surface area (Å²) in [7, 11) is 4.66. The molecule has 0 aliphatic carbocycles. The van der Waals surface area contributed by atoms with Crippen LogP contribution < -0.4 is 19.5 Å². The van der Waals surface area contributed by atoms with Crippen molar-refractivity contribution in [3.63, 3.8) is 0 Å². The third kappa shape index (κ3) is 5.74. The molecule has 1 aliphatic rings. The Kier molecular flexibility index (Phi) is 8.00. The highest BCUT2D eigenvalue weighted by Crippen LogP contribution is 2.32. The van der Waals surface area contributed by atoms with Crippen LogP contribution in [0.5, 0.6) is 17.2 Å². The van der Waals surface area contributed by atoms with Crippen LogP contribution >= 0.6 is 11.6 Å². The van der Waals surface area contributed by atoms with Crippen molar-refractivity contribution in [2.24, 2.45) is 0 Å². The Labute approximate surface area is 215 Å². The molecule has 2 amide bonds. The summed E-state index contributed by atoms with van der Waals surface area (Å²) in [4.78, 5) is 27.5. The van der Waals surface area contributed by atoms with Gasteiger partial charge in [0.15, 0.2) is 11.5 Å². The number of rotatable bonds is 7. The molecule has 4 rings (SSSR count). The van der Waals surface area contributed by atoms with E-state index in [4.69, 9.17) is 25.8 Å². The van der Waals surface area contributed by atoms with Crippen LogP contribution in [0.4, 0.5) is 5.69 Å². The topological polar surface area (TPSA) is 77.1 Å². The van der Waals surface area contributed by atoms with Crippen LogP contribution in [0.15, 0.2) is 60.7 Å². The predicted octanol–water partition coefficient (Wildman–Crippen LogP) is 5.64. The first-order valence-electron chi connectivity index (χ1n) is 11.7. The minimum Gasteiger partial charge on any atom is -0.497 e. The number of methoxy groups -OCH3 is 3. The van der Waals surface area contributed by atoms with Gasteiger partial charge in [-0.3, -0.25) is 9.59 Å². The molecule has 36 heavy (non-hydrogen) atoms. The normalized spacial score (nSPS) is 13.7. The van der Waals surface area contributed by atoms with E-state index in [0.717, 1.165) is 12.8 Å². The molecular weight excluding hydrogens is 480 g/mol. The van der Waals surface area contributed by atoms with E-state index in [1.807, 2.05) is 29.2 Å². The molecule has 1 heterocycles. The minimum absolute atomic E-state index is 0.00916. The van der Waals surface area contributed by atoms with Gasteiger partial charge in [-0.2, -0.15) is 0 Å². The number of likely N-dealkylation sites (tertiary alicyclic amines) is 1. The lowest BCUT2D eigenvalue weighted by atomic mass is 9.89. The third-order valence-electron chi connectivity index (χ3n) is 6.42. The molecule has 3 aromatic carbocycles. The maximum Gasteiger partial charge on any atom is 0.255 e. The first-order valence-corrected chi connectivity index (χ1v) is 12.1. The molecular formula is C28H29ClN2O5. The number of halogens is 1. The number of anilines is 1. The summed E-state index contributed by atoms with van der Waals surface area (Å²) in [5.74, 6) is 1.75. The van der Waals surface area contributed by atoms with Crippen molar-refractivity contribution in [3.05, 3.63) is 82.4 Å². The van der Waals surface area contributed by atoms with Crippen molar-refractivity contribution in [3.8, 4) is 17.2 Å². The third-order valence-corrected chi connectivity index (χ3v) is 6.64. The number of hydrogen-bond acceptors (Lipinski definition) is 5. The second-order valence-electron chi connectivity index (χ2n) is 8.59. The van der Waals surface area contributed by atoms with E-state index in [-0.39, 0.29) is 11.8 Å². The molecule has 0 radical (unpaired) electrons. The van der Waals surface area contributed by atoms with Gasteiger partial charge in [0, 0.05) is 34.9 Å². The van der Waals surface area contributed by atoms with E-state index in [2.05, 4.69) is 5.32 Å². The zero-order valence-corrected chi connectivity index (χ0v) is 21.3. The average molecular weight is 509 g/mol. The van der Waals surface area contributed by atoms with Crippen molar-refractivity contribution in [1.82, 2.24) is 4.90 Å². The highest BCUT2D eigenvalue weighted by atomic mass is 35.5. The number of piperidine rings is 1. The summed E-state index contributed by atoms with van der Waals surface area (Å²) < 4.78 is 15.8. The Bertz CT molecular complexity index is 1240. The number of nitrogens with one attached hydrogen (secondary N) is 1. The second kappa shape index (κ2) is 11.4. The highest BCUT2D eigenvalue weighted by Gasteiger charge is 2.25. The van der Waals surface area contributed by atoms with E-state index in [1.54, 1.807) is 50.6 Å². The van der Waals surface area contributed by atoms with Crippen LogP contribution in [-0.4, -0.2) is 51.1 Å². The van der Waals surface area contributed by atoms with E-state index >= 15 is 0 Å². The number of hydrogen-bond donors (Lipinski definition) is 1. The number of benzene rings is 3. The fourth-order valence-corrected chi connectivity index (χ4v) is 4.65. The van der Waals surface area contributed by atoms with Gasteiger partial charge in [0.1, 0.15) is 5.75 Å². The number of nitrogens with zero attached hydrogens (tertiary/aromatic N) is 1. The molecule has 0 unspecified atom stereocenters. The Morgan fingerprint density at radius 2 is 1.53 bits per heavy atom. The van der Waals surface area contributed by atoms with Gasteiger partial charge in [-0.05, 0) is 72.9 Å². The zero-order chi connectivity index (χ0) is 25.7. The summed E-state index contributed by atoms with van der Waals surface area (Å²) in [6, 6.07) is 18.0. The summed E-state index contributed by atoms with van der Waals surface area (Å²) in [6.45, 7) is 1.35. The van der Waals surface area contributed by atoms with Gasteiger partial charge in [0.25, 0.3) is 11.8 Å². The van der Waals surface area contributed by atoms with Gasteiger partial charge in [0.05, 0.1) is 21.3 Å². The summed E-state index contributed by atoms with van der Waals surface area (Å²) in [5.41, 5.74) is 2.90. The van der Waals surface area contributed by atoms with Crippen LogP contribution in [0.1, 0.15) is 45.0 Å². The van der Waals surface area contributed by atoms with Gasteiger partial charge < -0.3 is 24.4 Å². The first-order chi connectivity index (χ1) is 17.4. The van der Waals surface area contributed by atoms with E-state index in [0.29, 0.717) is 58.1 Å². The smallest absolute Gasteiger partial charge is 0.255 e. The monoisotopic (exact) mass is 508 g/mol. The van der Waals surface area contributed by atoms with Crippen LogP contribution in [0.3, 0.4) is 0 Å². The largest absolute Gasteiger partial charge is 0.497 e. The lowest BCUT2D eigenvalue weighted by Crippen LogP contribution is -2.37. The maximum atomic E-state index is 13.0. The average Bonchev–Trinajstić information content (AvgIpc) is 2.92. The molecule has 0 atom stereocenters. The summed E-state index contributed by atoms with van der Waals surface area (Å²) in [6.07, 6.45) is 1.74. The molecule has 0 spiro atoms. The van der Waals surface area contributed by atoms with Gasteiger partial charge in [-0.25, -0.2) is 0 Å². The van der Waals surface area contributed by atoms with Crippen molar-refractivity contribution in [1.29, 1.82) is 0 Å². The van der Waals surface area contributed by atoms with Crippen LogP contribution in [0, 0.1) is 0 Å². The Balaban J connectivity index is 1.35. The first kappa shape index (κ1) is 25.4. The lowest BCUT2D eigenvalue weighted by Gasteiger charge is -2.32. The molecule has 0 aromatic heterocycles. The predicted molar refractivity (Wildman–Crippen MR) is 140 cm³/mol. The lowest BCUT2D eigenvalue weighted by molar-refractivity contribution is 0.0712. The molecule has 1 fully saturated rings. The Morgan fingerprint density at radius 1 is 0.833 bits per heavy atom. The molecule has 3 aromatic rings. The van der Waals surface area contributed by atoms with Crippen LogP contribution in [0.25, 0.3) is 0 Å². The molecule has 7 nitrogen and oxygen atoms in total. The SMILES string of the molecule is COc1cc(Cl)cc(C(=O)Nc2ccc(C3CCN(C(=O)c4ccc(OC)c(OC)c4)CC3)cc2)c1. The molecule has 1 saturated heterocycles. The second-order valence-corrected chi connectivity index (χ2v) is 9.03. The zero-order valence-electron chi connectivity index (χ0n) is 20.5. The van der Waals surface area contributed by atoms with Crippen molar-refractivity contribution in [2.45, 2.75) is 18.8 Å². The number of carbonyl (C=O) groups is 2. The molecule has 0 bridgehead atoms. The highest BCUT2D eigenvalue weighted by molar-refractivity contribution is 6.31. The fourth-order valence-electron chi connectivity index (χ4n) is 4.42. The minimum atomic E-state index is -0.259. The van der Waals surface area contributed by atoms with Crippen molar-refractivity contribution in [2.75, 3.05) is 39.7 Å². The Morgan fingerprint density at radius 3 is 2.17 bits per heavy atom. The summed E-state index contributed by atoms with van der Waals surface area (Å²) in [5, 5.41) is 3.34.